The number of rotatable bonds is 7. The van der Waals surface area contributed by atoms with Crippen molar-refractivity contribution >= 4 is 11.6 Å². The Morgan fingerprint density at radius 1 is 1.21 bits per heavy atom. The van der Waals surface area contributed by atoms with Crippen LogP contribution in [-0.2, 0) is 11.2 Å². The van der Waals surface area contributed by atoms with E-state index < -0.39 is 0 Å². The van der Waals surface area contributed by atoms with E-state index in [1.807, 2.05) is 43.3 Å². The summed E-state index contributed by atoms with van der Waals surface area (Å²) in [6, 6.07) is 11.0. The molecule has 3 heterocycles. The summed E-state index contributed by atoms with van der Waals surface area (Å²) in [5.74, 6) is 1.59. The monoisotopic (exact) mass is 390 g/mol. The molecule has 3 aromatic heterocycles. The molecular formula is C19H18N8O2. The van der Waals surface area contributed by atoms with E-state index in [0.29, 0.717) is 42.5 Å². The van der Waals surface area contributed by atoms with Crippen molar-refractivity contribution in [2.24, 2.45) is 0 Å². The molecule has 0 spiro atoms. The van der Waals surface area contributed by atoms with Gasteiger partial charge in [0.05, 0.1) is 5.69 Å². The third-order valence-electron chi connectivity index (χ3n) is 4.20. The molecule has 1 N–H and O–H groups in total. The molecule has 0 bridgehead atoms. The van der Waals surface area contributed by atoms with Crippen molar-refractivity contribution in [3.63, 3.8) is 0 Å². The van der Waals surface area contributed by atoms with Crippen LogP contribution in [0.4, 0.5) is 5.69 Å². The fourth-order valence-electron chi connectivity index (χ4n) is 2.78. The molecular weight excluding hydrogens is 372 g/mol. The van der Waals surface area contributed by atoms with E-state index in [2.05, 4.69) is 36.0 Å². The number of aryl methyl sites for hydroxylation is 2. The Kier molecular flexibility index (Phi) is 5.32. The highest BCUT2D eigenvalue weighted by atomic mass is 16.5. The van der Waals surface area contributed by atoms with E-state index in [-0.39, 0.29) is 5.91 Å². The number of nitrogens with one attached hydrogen (secondary N) is 1. The summed E-state index contributed by atoms with van der Waals surface area (Å²) in [7, 11) is 0. The minimum absolute atomic E-state index is 0.0931. The van der Waals surface area contributed by atoms with Gasteiger partial charge in [0.2, 0.25) is 17.6 Å². The van der Waals surface area contributed by atoms with Crippen molar-refractivity contribution in [2.75, 3.05) is 5.32 Å². The molecule has 4 aromatic rings. The quantitative estimate of drug-likeness (QED) is 0.510. The number of anilines is 1. The summed E-state index contributed by atoms with van der Waals surface area (Å²) < 4.78 is 6.86. The first-order valence-electron chi connectivity index (χ1n) is 9.07. The molecule has 0 fully saturated rings. The first-order valence-corrected chi connectivity index (χ1v) is 9.07. The minimum Gasteiger partial charge on any atom is -0.339 e. The van der Waals surface area contributed by atoms with Crippen LogP contribution >= 0.6 is 0 Å². The molecule has 1 amide bonds. The molecule has 0 atom stereocenters. The van der Waals surface area contributed by atoms with E-state index in [9.17, 15) is 4.79 Å². The Morgan fingerprint density at radius 2 is 2.07 bits per heavy atom. The van der Waals surface area contributed by atoms with Crippen molar-refractivity contribution in [3.8, 4) is 17.1 Å². The van der Waals surface area contributed by atoms with E-state index >= 15 is 0 Å². The van der Waals surface area contributed by atoms with Gasteiger partial charge in [-0.25, -0.2) is 0 Å². The van der Waals surface area contributed by atoms with Crippen LogP contribution in [0.25, 0.3) is 17.1 Å². The maximum Gasteiger partial charge on any atom is 0.226 e. The standard InChI is InChI=1S/C19H18N8O2/c1-13-23-25-26-27(13)16-5-2-4-15(12-16)21-17(28)6-3-7-18-22-19(24-29-18)14-8-10-20-11-9-14/h2,4-5,8-12H,3,6-7H2,1H3,(H,21,28). The summed E-state index contributed by atoms with van der Waals surface area (Å²) in [6.07, 6.45) is 4.79. The zero-order chi connectivity index (χ0) is 20.1. The van der Waals surface area contributed by atoms with Gasteiger partial charge in [0.15, 0.2) is 5.82 Å². The van der Waals surface area contributed by atoms with Gasteiger partial charge in [0.25, 0.3) is 0 Å². The normalized spacial score (nSPS) is 10.8. The van der Waals surface area contributed by atoms with Crippen molar-refractivity contribution in [2.45, 2.75) is 26.2 Å². The van der Waals surface area contributed by atoms with E-state index in [0.717, 1.165) is 11.3 Å². The maximum atomic E-state index is 12.3. The Bertz CT molecular complexity index is 1110. The second-order valence-electron chi connectivity index (χ2n) is 6.34. The van der Waals surface area contributed by atoms with Gasteiger partial charge in [0.1, 0.15) is 0 Å². The Morgan fingerprint density at radius 3 is 2.86 bits per heavy atom. The molecule has 0 aliphatic rings. The number of amides is 1. The van der Waals surface area contributed by atoms with Gasteiger partial charge in [-0.3, -0.25) is 9.78 Å². The topological polar surface area (TPSA) is 125 Å². The molecule has 1 aromatic carbocycles. The molecule has 0 saturated heterocycles. The van der Waals surface area contributed by atoms with Gasteiger partial charge in [-0.15, -0.1) is 5.10 Å². The number of aromatic nitrogens is 7. The number of hydrogen-bond donors (Lipinski definition) is 1. The zero-order valence-electron chi connectivity index (χ0n) is 15.7. The lowest BCUT2D eigenvalue weighted by Gasteiger charge is -2.07. The van der Waals surface area contributed by atoms with Gasteiger partial charge >= 0.3 is 0 Å². The van der Waals surface area contributed by atoms with Crippen LogP contribution in [0, 0.1) is 6.92 Å². The first-order chi connectivity index (χ1) is 14.2. The number of pyridine rings is 1. The second-order valence-corrected chi connectivity index (χ2v) is 6.34. The van der Waals surface area contributed by atoms with E-state index in [1.165, 1.54) is 0 Å². The SMILES string of the molecule is Cc1nnnn1-c1cccc(NC(=O)CCCc2nc(-c3ccncc3)no2)c1. The van der Waals surface area contributed by atoms with Crippen molar-refractivity contribution < 1.29 is 9.32 Å². The van der Waals surface area contributed by atoms with Crippen LogP contribution in [-0.4, -0.2) is 41.2 Å². The third kappa shape index (κ3) is 4.49. The van der Waals surface area contributed by atoms with Crippen molar-refractivity contribution in [1.29, 1.82) is 0 Å². The fourth-order valence-corrected chi connectivity index (χ4v) is 2.78. The van der Waals surface area contributed by atoms with Crippen LogP contribution in [0.3, 0.4) is 0 Å². The van der Waals surface area contributed by atoms with Crippen LogP contribution in [0.15, 0.2) is 53.3 Å². The largest absolute Gasteiger partial charge is 0.339 e. The third-order valence-corrected chi connectivity index (χ3v) is 4.20. The van der Waals surface area contributed by atoms with Crippen molar-refractivity contribution in [3.05, 3.63) is 60.5 Å². The molecule has 146 valence electrons. The minimum atomic E-state index is -0.0931. The molecule has 0 aliphatic carbocycles. The predicted molar refractivity (Wildman–Crippen MR) is 103 cm³/mol. The maximum absolute atomic E-state index is 12.3. The lowest BCUT2D eigenvalue weighted by molar-refractivity contribution is -0.116. The van der Waals surface area contributed by atoms with Crippen LogP contribution < -0.4 is 5.32 Å². The van der Waals surface area contributed by atoms with Gasteiger partial charge in [0, 0.05) is 36.5 Å². The fraction of sp³-hybridized carbons (Fsp3) is 0.211. The lowest BCUT2D eigenvalue weighted by atomic mass is 10.2. The van der Waals surface area contributed by atoms with Gasteiger partial charge < -0.3 is 9.84 Å². The molecule has 0 saturated carbocycles. The van der Waals surface area contributed by atoms with E-state index in [4.69, 9.17) is 4.52 Å². The Balaban J connectivity index is 1.30. The summed E-state index contributed by atoms with van der Waals surface area (Å²) in [4.78, 5) is 20.6. The second kappa shape index (κ2) is 8.38. The number of tetrazole rings is 1. The number of benzene rings is 1. The van der Waals surface area contributed by atoms with Crippen LogP contribution in [0.2, 0.25) is 0 Å². The van der Waals surface area contributed by atoms with Gasteiger partial charge in [-0.1, -0.05) is 11.2 Å². The molecule has 0 radical (unpaired) electrons. The average molecular weight is 390 g/mol. The number of hydrogen-bond acceptors (Lipinski definition) is 8. The first kappa shape index (κ1) is 18.4. The number of carbonyl (C=O) groups excluding carboxylic acids is 1. The number of carbonyl (C=O) groups is 1. The van der Waals surface area contributed by atoms with E-state index in [1.54, 1.807) is 17.1 Å². The Hall–Kier alpha value is -3.95. The number of nitrogens with zero attached hydrogens (tertiary/aromatic N) is 7. The van der Waals surface area contributed by atoms with Gasteiger partial charge in [-0.05, 0) is 54.1 Å². The molecule has 29 heavy (non-hydrogen) atoms. The molecule has 10 nitrogen and oxygen atoms in total. The summed E-state index contributed by atoms with van der Waals surface area (Å²) >= 11 is 0. The highest BCUT2D eigenvalue weighted by Crippen LogP contribution is 2.17. The molecule has 10 heteroatoms. The van der Waals surface area contributed by atoms with Crippen molar-refractivity contribution in [1.82, 2.24) is 35.3 Å². The smallest absolute Gasteiger partial charge is 0.226 e. The molecule has 4 rings (SSSR count). The average Bonchev–Trinajstić information content (AvgIpc) is 3.38. The summed E-state index contributed by atoms with van der Waals surface area (Å²) in [5.41, 5.74) is 2.30. The Labute approximate surface area is 166 Å². The summed E-state index contributed by atoms with van der Waals surface area (Å²) in [5, 5.41) is 18.3. The van der Waals surface area contributed by atoms with Crippen LogP contribution in [0.1, 0.15) is 24.6 Å². The zero-order valence-corrected chi connectivity index (χ0v) is 15.7. The van der Waals surface area contributed by atoms with Crippen LogP contribution in [0.5, 0.6) is 0 Å². The lowest BCUT2D eigenvalue weighted by Crippen LogP contribution is -2.12. The highest BCUT2D eigenvalue weighted by molar-refractivity contribution is 5.90. The predicted octanol–water partition coefficient (Wildman–Crippen LogP) is 2.38. The molecule has 0 unspecified atom stereocenters. The summed E-state index contributed by atoms with van der Waals surface area (Å²) in [6.45, 7) is 1.81. The highest BCUT2D eigenvalue weighted by Gasteiger charge is 2.10. The molecule has 0 aliphatic heterocycles. The van der Waals surface area contributed by atoms with Gasteiger partial charge in [-0.2, -0.15) is 9.67 Å².